The molecule has 2 amide bonds. The Morgan fingerprint density at radius 2 is 1.89 bits per heavy atom. The highest BCUT2D eigenvalue weighted by atomic mass is 16.6. The molecule has 1 saturated heterocycles. The number of benzene rings is 1. The minimum atomic E-state index is -1.40. The third-order valence-corrected chi connectivity index (χ3v) is 5.61. The molecule has 0 radical (unpaired) electrons. The molecule has 3 heterocycles. The summed E-state index contributed by atoms with van der Waals surface area (Å²) in [7, 11) is 0. The second-order valence-electron chi connectivity index (χ2n) is 8.14. The molecule has 0 aliphatic carbocycles. The predicted octanol–water partition coefficient (Wildman–Crippen LogP) is 0.310. The summed E-state index contributed by atoms with van der Waals surface area (Å²) in [5, 5.41) is 29.2. The van der Waals surface area contributed by atoms with Gasteiger partial charge in [0.15, 0.2) is 29.3 Å². The Labute approximate surface area is 206 Å². The molecule has 192 valence electrons. The van der Waals surface area contributed by atoms with Gasteiger partial charge in [0.25, 0.3) is 5.91 Å². The van der Waals surface area contributed by atoms with Crippen molar-refractivity contribution in [2.45, 2.75) is 44.5 Å². The van der Waals surface area contributed by atoms with Gasteiger partial charge in [-0.15, -0.1) is 0 Å². The first-order valence-corrected chi connectivity index (χ1v) is 11.6. The lowest BCUT2D eigenvalue weighted by Crippen LogP contribution is -2.42. The van der Waals surface area contributed by atoms with E-state index < -0.39 is 36.5 Å². The molecule has 0 saturated carbocycles. The lowest BCUT2D eigenvalue weighted by Gasteiger charge is -2.16. The molecule has 2 aromatic heterocycles. The fourth-order valence-corrected chi connectivity index (χ4v) is 3.81. The number of rotatable bonds is 10. The first kappa shape index (κ1) is 25.3. The van der Waals surface area contributed by atoms with Crippen molar-refractivity contribution in [2.24, 2.45) is 0 Å². The van der Waals surface area contributed by atoms with Crippen LogP contribution in [-0.4, -0.2) is 79.7 Å². The number of ether oxygens (including phenoxy) is 2. The summed E-state index contributed by atoms with van der Waals surface area (Å²) in [5.74, 6) is -0.0516. The minimum absolute atomic E-state index is 0.201. The number of amides is 2. The van der Waals surface area contributed by atoms with Crippen molar-refractivity contribution in [3.8, 4) is 0 Å². The van der Waals surface area contributed by atoms with E-state index in [2.05, 4.69) is 30.9 Å². The number of fused-ring (bicyclic) bond motifs is 1. The third kappa shape index (κ3) is 5.70. The Kier molecular flexibility index (Phi) is 8.25. The van der Waals surface area contributed by atoms with Gasteiger partial charge in [-0.3, -0.25) is 9.36 Å². The van der Waals surface area contributed by atoms with E-state index in [9.17, 15) is 19.8 Å². The van der Waals surface area contributed by atoms with Crippen LogP contribution in [0.3, 0.4) is 0 Å². The zero-order valence-corrected chi connectivity index (χ0v) is 19.7. The number of hydrogen-bond donors (Lipinski definition) is 5. The quantitative estimate of drug-likeness (QED) is 0.244. The Hall–Kier alpha value is -3.81. The number of alkyl carbamates (subject to hydrolysis) is 1. The topological polar surface area (TPSA) is 173 Å². The largest absolute Gasteiger partial charge is 0.445 e. The van der Waals surface area contributed by atoms with Crippen molar-refractivity contribution in [1.82, 2.24) is 30.2 Å². The fraction of sp³-hybridized carbons (Fsp3) is 0.435. The molecule has 0 spiro atoms. The third-order valence-electron chi connectivity index (χ3n) is 5.61. The number of nitrogens with one attached hydrogen (secondary N) is 3. The molecule has 5 N–H and O–H groups in total. The summed E-state index contributed by atoms with van der Waals surface area (Å²) < 4.78 is 12.3. The van der Waals surface area contributed by atoms with Crippen LogP contribution in [-0.2, 0) is 20.9 Å². The normalized spacial score (nSPS) is 21.3. The van der Waals surface area contributed by atoms with Gasteiger partial charge in [-0.2, -0.15) is 0 Å². The highest BCUT2D eigenvalue weighted by Crippen LogP contribution is 2.32. The summed E-state index contributed by atoms with van der Waals surface area (Å²) >= 11 is 0. The Bertz CT molecular complexity index is 1170. The minimum Gasteiger partial charge on any atom is -0.445 e. The van der Waals surface area contributed by atoms with Gasteiger partial charge in [0.1, 0.15) is 25.1 Å². The van der Waals surface area contributed by atoms with Crippen LogP contribution in [0.25, 0.3) is 11.2 Å². The van der Waals surface area contributed by atoms with Crippen LogP contribution in [0, 0.1) is 0 Å². The van der Waals surface area contributed by atoms with E-state index in [-0.39, 0.29) is 6.61 Å². The van der Waals surface area contributed by atoms with E-state index in [1.54, 1.807) is 6.92 Å². The van der Waals surface area contributed by atoms with E-state index in [0.29, 0.717) is 43.0 Å². The highest BCUT2D eigenvalue weighted by Gasteiger charge is 2.47. The summed E-state index contributed by atoms with van der Waals surface area (Å²) in [6.45, 7) is 3.19. The van der Waals surface area contributed by atoms with Crippen LogP contribution < -0.4 is 16.0 Å². The van der Waals surface area contributed by atoms with Crippen LogP contribution in [0.2, 0.25) is 0 Å². The number of aliphatic hydroxyl groups excluding tert-OH is 2. The van der Waals surface area contributed by atoms with E-state index in [0.717, 1.165) is 5.56 Å². The molecule has 13 heteroatoms. The van der Waals surface area contributed by atoms with Crippen LogP contribution >= 0.6 is 0 Å². The van der Waals surface area contributed by atoms with Crippen LogP contribution in [0.4, 0.5) is 10.6 Å². The monoisotopic (exact) mass is 499 g/mol. The Balaban J connectivity index is 1.29. The van der Waals surface area contributed by atoms with Gasteiger partial charge in [-0.1, -0.05) is 30.3 Å². The van der Waals surface area contributed by atoms with Crippen LogP contribution in [0.5, 0.6) is 0 Å². The van der Waals surface area contributed by atoms with Crippen molar-refractivity contribution in [1.29, 1.82) is 0 Å². The lowest BCUT2D eigenvalue weighted by atomic mass is 10.1. The summed E-state index contributed by atoms with van der Waals surface area (Å²) in [5.41, 5.74) is 1.70. The SMILES string of the molecule is CCNC(=O)[C@H]1O[C@@H](n2cnc3c(NCCCNC(=O)OCc4ccccc4)ncnc32)[C@H](O)[C@@H]1O. The molecule has 13 nitrogen and oxygen atoms in total. The van der Waals surface area contributed by atoms with Crippen molar-refractivity contribution in [3.63, 3.8) is 0 Å². The van der Waals surface area contributed by atoms with Gasteiger partial charge < -0.3 is 35.6 Å². The van der Waals surface area contributed by atoms with Crippen molar-refractivity contribution < 1.29 is 29.3 Å². The van der Waals surface area contributed by atoms with E-state index in [1.165, 1.54) is 17.2 Å². The number of aliphatic hydroxyl groups is 2. The number of carbonyl (C=O) groups excluding carboxylic acids is 2. The zero-order valence-electron chi connectivity index (χ0n) is 19.7. The smallest absolute Gasteiger partial charge is 0.407 e. The maximum atomic E-state index is 12.1. The number of likely N-dealkylation sites (N-methyl/N-ethyl adjacent to an activating group) is 1. The first-order chi connectivity index (χ1) is 17.5. The molecule has 0 unspecified atom stereocenters. The van der Waals surface area contributed by atoms with Gasteiger partial charge in [0.05, 0.1) is 6.33 Å². The number of aromatic nitrogens is 4. The maximum absolute atomic E-state index is 12.1. The Morgan fingerprint density at radius 3 is 2.67 bits per heavy atom. The molecule has 36 heavy (non-hydrogen) atoms. The molecule has 3 aromatic rings. The Morgan fingerprint density at radius 1 is 1.08 bits per heavy atom. The van der Waals surface area contributed by atoms with E-state index in [1.807, 2.05) is 30.3 Å². The number of anilines is 1. The highest BCUT2D eigenvalue weighted by molar-refractivity contribution is 5.83. The average molecular weight is 500 g/mol. The molecule has 0 bridgehead atoms. The van der Waals surface area contributed by atoms with Gasteiger partial charge in [0, 0.05) is 19.6 Å². The van der Waals surface area contributed by atoms with Crippen LogP contribution in [0.15, 0.2) is 43.0 Å². The molecule has 1 fully saturated rings. The summed E-state index contributed by atoms with van der Waals surface area (Å²) in [6, 6.07) is 9.41. The first-order valence-electron chi connectivity index (χ1n) is 11.6. The maximum Gasteiger partial charge on any atom is 0.407 e. The number of imidazole rings is 1. The van der Waals surface area contributed by atoms with Gasteiger partial charge >= 0.3 is 6.09 Å². The van der Waals surface area contributed by atoms with Crippen molar-refractivity contribution >= 4 is 29.0 Å². The van der Waals surface area contributed by atoms with Crippen LogP contribution in [0.1, 0.15) is 25.1 Å². The summed E-state index contributed by atoms with van der Waals surface area (Å²) in [6.07, 6.45) is -2.17. The molecule has 1 aromatic carbocycles. The number of hydrogen-bond acceptors (Lipinski definition) is 10. The predicted molar refractivity (Wildman–Crippen MR) is 128 cm³/mol. The fourth-order valence-electron chi connectivity index (χ4n) is 3.81. The zero-order chi connectivity index (χ0) is 25.5. The van der Waals surface area contributed by atoms with Gasteiger partial charge in [-0.05, 0) is 18.9 Å². The van der Waals surface area contributed by atoms with E-state index in [4.69, 9.17) is 9.47 Å². The second kappa shape index (κ2) is 11.7. The number of carbonyl (C=O) groups is 2. The molecule has 4 atom stereocenters. The lowest BCUT2D eigenvalue weighted by molar-refractivity contribution is -0.137. The standard InChI is InChI=1S/C23H29N7O6/c1-2-24-21(33)18-16(31)17(32)22(36-18)30-13-29-15-19(27-12-28-20(15)30)25-9-6-10-26-23(34)35-11-14-7-4-3-5-8-14/h3-5,7-8,12-13,16-18,22,31-32H,2,6,9-11H2,1H3,(H,24,33)(H,26,34)(H,25,27,28)/t16-,17+,18-,22+/m0/s1. The molecular weight excluding hydrogens is 470 g/mol. The molecular formula is C23H29N7O6. The molecule has 1 aliphatic heterocycles. The molecule has 4 rings (SSSR count). The van der Waals surface area contributed by atoms with Gasteiger partial charge in [0.2, 0.25) is 0 Å². The van der Waals surface area contributed by atoms with Gasteiger partial charge in [-0.25, -0.2) is 19.7 Å². The second-order valence-corrected chi connectivity index (χ2v) is 8.14. The number of nitrogens with zero attached hydrogens (tertiary/aromatic N) is 4. The summed E-state index contributed by atoms with van der Waals surface area (Å²) in [4.78, 5) is 36.8. The molecule has 1 aliphatic rings. The van der Waals surface area contributed by atoms with Crippen molar-refractivity contribution in [2.75, 3.05) is 25.0 Å². The average Bonchev–Trinajstić information content (AvgIpc) is 3.44. The van der Waals surface area contributed by atoms with Crippen molar-refractivity contribution in [3.05, 3.63) is 48.5 Å². The van der Waals surface area contributed by atoms with E-state index >= 15 is 0 Å².